The van der Waals surface area contributed by atoms with Crippen LogP contribution in [0.5, 0.6) is 23.0 Å². The maximum Gasteiger partial charge on any atom is 0.524 e. The van der Waals surface area contributed by atoms with Gasteiger partial charge < -0.3 is 24.1 Å². The summed E-state index contributed by atoms with van der Waals surface area (Å²) < 4.78 is 35.3. The first-order valence-corrected chi connectivity index (χ1v) is 18.3. The molecule has 11 heteroatoms. The van der Waals surface area contributed by atoms with Crippen LogP contribution in [0, 0.1) is 13.8 Å². The van der Waals surface area contributed by atoms with E-state index >= 15 is 0 Å². The molecule has 0 aliphatic carbocycles. The van der Waals surface area contributed by atoms with Crippen molar-refractivity contribution in [3.63, 3.8) is 0 Å². The van der Waals surface area contributed by atoms with E-state index in [0.717, 1.165) is 27.8 Å². The van der Waals surface area contributed by atoms with Gasteiger partial charge in [-0.25, -0.2) is 9.36 Å². The number of aryl methyl sites for hydroxylation is 2. The predicted molar refractivity (Wildman–Crippen MR) is 197 cm³/mol. The molecule has 1 amide bonds. The Hall–Kier alpha value is -6.19. The van der Waals surface area contributed by atoms with Crippen LogP contribution in [0.3, 0.4) is 0 Å². The predicted octanol–water partition coefficient (Wildman–Crippen LogP) is 8.84. The quantitative estimate of drug-likeness (QED) is 0.104. The third-order valence-corrected chi connectivity index (χ3v) is 9.83. The number of ether oxygens (including phenoxy) is 3. The second kappa shape index (κ2) is 13.1. The Balaban J connectivity index is 1.14. The Morgan fingerprint density at radius 2 is 1.42 bits per heavy atom. The molecule has 1 unspecified atom stereocenters. The second-order valence-corrected chi connectivity index (χ2v) is 14.1. The van der Waals surface area contributed by atoms with E-state index in [4.69, 9.17) is 18.7 Å². The maximum atomic E-state index is 13.7. The number of amides is 1. The average molecular weight is 726 g/mol. The molecule has 0 saturated heterocycles. The molecule has 2 aliphatic rings. The molecule has 0 fully saturated rings. The first kappa shape index (κ1) is 33.9. The van der Waals surface area contributed by atoms with Gasteiger partial charge in [-0.2, -0.15) is 0 Å². The highest BCUT2D eigenvalue weighted by Crippen LogP contribution is 2.57. The lowest BCUT2D eigenvalue weighted by molar-refractivity contribution is 0.0224. The normalized spacial score (nSPS) is 15.4. The molecule has 10 nitrogen and oxygen atoms in total. The zero-order chi connectivity index (χ0) is 36.9. The van der Waals surface area contributed by atoms with Gasteiger partial charge in [0.25, 0.3) is 5.91 Å². The number of carbonyl (C=O) groups is 2. The number of hydrogen-bond donors (Lipinski definition) is 3. The third-order valence-electron chi connectivity index (χ3n) is 9.38. The third kappa shape index (κ3) is 6.44. The molecular formula is C42H32NO9P. The monoisotopic (exact) mass is 725 g/mol. The summed E-state index contributed by atoms with van der Waals surface area (Å²) in [5.41, 5.74) is 6.24. The van der Waals surface area contributed by atoms with E-state index in [1.165, 1.54) is 12.1 Å². The summed E-state index contributed by atoms with van der Waals surface area (Å²) in [6, 6.07) is 37.7. The lowest BCUT2D eigenvalue weighted by atomic mass is 9.77. The molecule has 53 heavy (non-hydrogen) atoms. The topological polar surface area (TPSA) is 141 Å². The van der Waals surface area contributed by atoms with Gasteiger partial charge in [-0.1, -0.05) is 72.3 Å². The van der Waals surface area contributed by atoms with Crippen molar-refractivity contribution in [1.29, 1.82) is 0 Å². The molecule has 6 aromatic rings. The van der Waals surface area contributed by atoms with Crippen LogP contribution < -0.4 is 19.3 Å². The first-order chi connectivity index (χ1) is 25.5. The van der Waals surface area contributed by atoms with Crippen LogP contribution in [0.2, 0.25) is 0 Å². The van der Waals surface area contributed by atoms with E-state index in [2.05, 4.69) is 11.4 Å². The van der Waals surface area contributed by atoms with Crippen LogP contribution in [0.25, 0.3) is 11.1 Å². The van der Waals surface area contributed by atoms with Gasteiger partial charge in [-0.3, -0.25) is 14.6 Å². The van der Waals surface area contributed by atoms with Gasteiger partial charge in [0.1, 0.15) is 29.6 Å². The lowest BCUT2D eigenvalue weighted by Crippen LogP contribution is -2.33. The second-order valence-electron chi connectivity index (χ2n) is 12.9. The van der Waals surface area contributed by atoms with Crippen molar-refractivity contribution in [2.45, 2.75) is 26.1 Å². The SMILES string of the molecule is Cc1ccc(COc2ccc3c(c2)Oc2cc(OP(=O)(O)O)ccc2C32OC(=O)c3cc(NC(=O)c4ccc(-c5ccccc5)cc4)ccc32)c(C)c1. The molecule has 2 aliphatic heterocycles. The number of rotatable bonds is 8. The summed E-state index contributed by atoms with van der Waals surface area (Å²) >= 11 is 0. The van der Waals surface area contributed by atoms with Crippen molar-refractivity contribution in [1.82, 2.24) is 0 Å². The summed E-state index contributed by atoms with van der Waals surface area (Å²) in [6.45, 7) is 4.35. The van der Waals surface area contributed by atoms with Crippen molar-refractivity contribution in [2.24, 2.45) is 0 Å². The summed E-state index contributed by atoms with van der Waals surface area (Å²) in [4.78, 5) is 46.0. The number of phosphoric ester groups is 1. The standard InChI is InChI=1S/C42H32NO9P/c1-25-8-9-30(26(2)20-25)24-49-32-15-18-36-38(22-32)50-39-23-33(52-53(46,47)48)16-19-37(39)42(36)35-17-14-31(21-34(35)41(45)51-42)43-40(44)29-12-10-28(11-13-29)27-6-4-3-5-7-27/h3-23H,24H2,1-2H3,(H,43,44)(H2,46,47,48). The largest absolute Gasteiger partial charge is 0.524 e. The Kier molecular flexibility index (Phi) is 8.38. The van der Waals surface area contributed by atoms with Crippen molar-refractivity contribution in [3.05, 3.63) is 172 Å². The Bertz CT molecular complexity index is 2480. The fraction of sp³-hybridized carbons (Fsp3) is 0.0952. The highest BCUT2D eigenvalue weighted by molar-refractivity contribution is 7.46. The zero-order valence-electron chi connectivity index (χ0n) is 28.5. The van der Waals surface area contributed by atoms with Crippen molar-refractivity contribution in [2.75, 3.05) is 5.32 Å². The van der Waals surface area contributed by atoms with E-state index in [1.807, 2.05) is 68.4 Å². The number of anilines is 1. The molecular weight excluding hydrogens is 693 g/mol. The Morgan fingerprint density at radius 1 is 0.755 bits per heavy atom. The molecule has 8 rings (SSSR count). The van der Waals surface area contributed by atoms with Crippen LogP contribution in [-0.4, -0.2) is 21.7 Å². The zero-order valence-corrected chi connectivity index (χ0v) is 29.4. The van der Waals surface area contributed by atoms with Gasteiger partial charge in [-0.15, -0.1) is 0 Å². The Morgan fingerprint density at radius 3 is 2.11 bits per heavy atom. The molecule has 3 N–H and O–H groups in total. The molecule has 1 atom stereocenters. The van der Waals surface area contributed by atoms with Crippen LogP contribution >= 0.6 is 7.82 Å². The van der Waals surface area contributed by atoms with Crippen molar-refractivity contribution < 1.29 is 42.7 Å². The van der Waals surface area contributed by atoms with E-state index < -0.39 is 19.4 Å². The Labute approximate surface area is 304 Å². The van der Waals surface area contributed by atoms with Crippen LogP contribution in [0.1, 0.15) is 54.1 Å². The maximum absolute atomic E-state index is 13.7. The van der Waals surface area contributed by atoms with Crippen molar-refractivity contribution in [3.8, 4) is 34.1 Å². The van der Waals surface area contributed by atoms with E-state index in [9.17, 15) is 23.9 Å². The van der Waals surface area contributed by atoms with E-state index in [0.29, 0.717) is 46.0 Å². The first-order valence-electron chi connectivity index (χ1n) is 16.7. The van der Waals surface area contributed by atoms with E-state index in [-0.39, 0.29) is 23.0 Å². The molecule has 0 radical (unpaired) electrons. The molecule has 0 aromatic heterocycles. The molecule has 2 heterocycles. The fourth-order valence-corrected chi connectivity index (χ4v) is 7.26. The minimum Gasteiger partial charge on any atom is -0.489 e. The van der Waals surface area contributed by atoms with Crippen LogP contribution in [0.15, 0.2) is 127 Å². The summed E-state index contributed by atoms with van der Waals surface area (Å²) in [5.74, 6) is -0.166. The average Bonchev–Trinajstić information content (AvgIpc) is 3.42. The lowest BCUT2D eigenvalue weighted by Gasteiger charge is -2.36. The molecule has 0 saturated carbocycles. The van der Waals surface area contributed by atoms with Gasteiger partial charge in [0.15, 0.2) is 5.60 Å². The number of esters is 1. The van der Waals surface area contributed by atoms with Gasteiger partial charge in [-0.05, 0) is 84.6 Å². The summed E-state index contributed by atoms with van der Waals surface area (Å²) in [7, 11) is -4.89. The molecule has 0 bridgehead atoms. The van der Waals surface area contributed by atoms with Crippen LogP contribution in [0.4, 0.5) is 5.69 Å². The number of carbonyl (C=O) groups excluding carboxylic acids is 2. The smallest absolute Gasteiger partial charge is 0.489 e. The summed E-state index contributed by atoms with van der Waals surface area (Å²) in [5, 5.41) is 2.89. The van der Waals surface area contributed by atoms with E-state index in [1.54, 1.807) is 54.6 Å². The highest BCUT2D eigenvalue weighted by Gasteiger charge is 2.54. The number of nitrogens with one attached hydrogen (secondary N) is 1. The fourth-order valence-electron chi connectivity index (χ4n) is 6.87. The number of fused-ring (bicyclic) bond motifs is 6. The number of phosphoric acid groups is 1. The van der Waals surface area contributed by atoms with Gasteiger partial charge >= 0.3 is 13.8 Å². The molecule has 6 aromatic carbocycles. The van der Waals surface area contributed by atoms with Crippen LogP contribution in [-0.2, 0) is 21.5 Å². The minimum absolute atomic E-state index is 0.141. The van der Waals surface area contributed by atoms with Crippen molar-refractivity contribution >= 4 is 25.4 Å². The number of hydrogen-bond acceptors (Lipinski definition) is 7. The van der Waals surface area contributed by atoms with Gasteiger partial charge in [0.05, 0.1) is 5.56 Å². The number of benzene rings is 6. The minimum atomic E-state index is -4.89. The molecule has 1 spiro atoms. The van der Waals surface area contributed by atoms with Gasteiger partial charge in [0.2, 0.25) is 0 Å². The highest BCUT2D eigenvalue weighted by atomic mass is 31.2. The molecule has 264 valence electrons. The van der Waals surface area contributed by atoms with Gasteiger partial charge in [0, 0.05) is 40.1 Å². The summed E-state index contributed by atoms with van der Waals surface area (Å²) in [6.07, 6.45) is 0.